The monoisotopic (exact) mass is 491 g/mol. The Hall–Kier alpha value is -2.77. The highest BCUT2D eigenvalue weighted by Crippen LogP contribution is 2.26. The molecule has 1 aromatic carbocycles. The fraction of sp³-hybridized carbons (Fsp3) is 0.667. The van der Waals surface area contributed by atoms with E-state index in [2.05, 4.69) is 17.6 Å². The zero-order valence-electron chi connectivity index (χ0n) is 22.5. The van der Waals surface area contributed by atoms with Crippen molar-refractivity contribution in [1.82, 2.24) is 15.5 Å². The molecule has 198 valence electrons. The summed E-state index contributed by atoms with van der Waals surface area (Å²) < 4.78 is 5.41. The van der Waals surface area contributed by atoms with Gasteiger partial charge < -0.3 is 25.4 Å². The van der Waals surface area contributed by atoms with Gasteiger partial charge in [0.15, 0.2) is 0 Å². The van der Waals surface area contributed by atoms with E-state index in [-0.39, 0.29) is 23.5 Å². The minimum atomic E-state index is -0.892. The topological polar surface area (TPSA) is 108 Å². The number of phenolic OH excluding ortho intramolecular Hbond substituents is 1. The van der Waals surface area contributed by atoms with E-state index in [4.69, 9.17) is 4.74 Å². The lowest BCUT2D eigenvalue weighted by Crippen LogP contribution is -2.55. The SMILES string of the molecule is CCCCCNC(=O)C(c1ccc(O)cc1)N(CCC)C(=O)C(NC(=O)OC(C)(C)C)C(C)CC. The molecule has 1 aromatic rings. The molecule has 0 aliphatic carbocycles. The van der Waals surface area contributed by atoms with Gasteiger partial charge in [0.1, 0.15) is 23.4 Å². The number of unbranched alkanes of at least 4 members (excludes halogenated alkanes) is 2. The van der Waals surface area contributed by atoms with Crippen LogP contribution in [0.2, 0.25) is 0 Å². The third-order valence-corrected chi connectivity index (χ3v) is 5.75. The highest BCUT2D eigenvalue weighted by Gasteiger charge is 2.37. The summed E-state index contributed by atoms with van der Waals surface area (Å²) in [4.78, 5) is 41.4. The number of aromatic hydroxyl groups is 1. The Balaban J connectivity index is 3.35. The molecular formula is C27H45N3O5. The van der Waals surface area contributed by atoms with Crippen molar-refractivity contribution in [1.29, 1.82) is 0 Å². The lowest BCUT2D eigenvalue weighted by molar-refractivity contribution is -0.143. The second-order valence-corrected chi connectivity index (χ2v) is 10.0. The van der Waals surface area contributed by atoms with Gasteiger partial charge in [-0.05, 0) is 57.2 Å². The van der Waals surface area contributed by atoms with Crippen LogP contribution in [0.4, 0.5) is 4.79 Å². The number of nitrogens with zero attached hydrogens (tertiary/aromatic N) is 1. The van der Waals surface area contributed by atoms with Crippen LogP contribution in [0, 0.1) is 5.92 Å². The van der Waals surface area contributed by atoms with Crippen molar-refractivity contribution in [3.63, 3.8) is 0 Å². The first-order valence-corrected chi connectivity index (χ1v) is 12.8. The number of hydrogen-bond donors (Lipinski definition) is 3. The van der Waals surface area contributed by atoms with Gasteiger partial charge in [-0.15, -0.1) is 0 Å². The zero-order chi connectivity index (χ0) is 26.6. The molecule has 0 aliphatic rings. The number of hydrogen-bond acceptors (Lipinski definition) is 5. The third kappa shape index (κ3) is 10.2. The third-order valence-electron chi connectivity index (χ3n) is 5.75. The van der Waals surface area contributed by atoms with Crippen molar-refractivity contribution >= 4 is 17.9 Å². The van der Waals surface area contributed by atoms with Gasteiger partial charge in [0.05, 0.1) is 0 Å². The summed E-state index contributed by atoms with van der Waals surface area (Å²) in [6, 6.07) is 4.58. The van der Waals surface area contributed by atoms with Crippen LogP contribution in [0.15, 0.2) is 24.3 Å². The van der Waals surface area contributed by atoms with Gasteiger partial charge in [0.2, 0.25) is 11.8 Å². The number of nitrogens with one attached hydrogen (secondary N) is 2. The van der Waals surface area contributed by atoms with Crippen molar-refractivity contribution in [3.8, 4) is 5.75 Å². The van der Waals surface area contributed by atoms with Crippen LogP contribution in [0.25, 0.3) is 0 Å². The normalized spacial score (nSPS) is 13.9. The number of carbonyl (C=O) groups is 3. The molecular weight excluding hydrogens is 446 g/mol. The molecule has 3 atom stereocenters. The highest BCUT2D eigenvalue weighted by atomic mass is 16.6. The zero-order valence-corrected chi connectivity index (χ0v) is 22.5. The summed E-state index contributed by atoms with van der Waals surface area (Å²) in [7, 11) is 0. The minimum Gasteiger partial charge on any atom is -0.508 e. The Bertz CT molecular complexity index is 804. The molecule has 0 aromatic heterocycles. The van der Waals surface area contributed by atoms with Crippen LogP contribution in [-0.2, 0) is 14.3 Å². The maximum absolute atomic E-state index is 13.9. The molecule has 0 bridgehead atoms. The molecule has 3 amide bonds. The summed E-state index contributed by atoms with van der Waals surface area (Å²) >= 11 is 0. The van der Waals surface area contributed by atoms with Crippen molar-refractivity contribution in [2.45, 2.75) is 98.3 Å². The Morgan fingerprint density at radius 3 is 2.17 bits per heavy atom. The van der Waals surface area contributed by atoms with Gasteiger partial charge in [0.25, 0.3) is 0 Å². The van der Waals surface area contributed by atoms with Gasteiger partial charge in [-0.1, -0.05) is 59.1 Å². The van der Waals surface area contributed by atoms with E-state index in [1.54, 1.807) is 32.9 Å². The predicted molar refractivity (Wildman–Crippen MR) is 138 cm³/mol. The summed E-state index contributed by atoms with van der Waals surface area (Å²) in [6.45, 7) is 14.0. The van der Waals surface area contributed by atoms with Crippen molar-refractivity contribution in [3.05, 3.63) is 29.8 Å². The van der Waals surface area contributed by atoms with E-state index in [1.165, 1.54) is 17.0 Å². The average molecular weight is 492 g/mol. The van der Waals surface area contributed by atoms with E-state index in [1.807, 2.05) is 20.8 Å². The Labute approximate surface area is 210 Å². The van der Waals surface area contributed by atoms with Crippen LogP contribution in [-0.4, -0.2) is 52.6 Å². The summed E-state index contributed by atoms with van der Waals surface area (Å²) in [5.41, 5.74) is -0.110. The minimum absolute atomic E-state index is 0.0771. The van der Waals surface area contributed by atoms with E-state index >= 15 is 0 Å². The van der Waals surface area contributed by atoms with E-state index in [0.717, 1.165) is 19.3 Å². The molecule has 0 fully saturated rings. The van der Waals surface area contributed by atoms with Crippen LogP contribution < -0.4 is 10.6 Å². The molecule has 0 saturated heterocycles. The Morgan fingerprint density at radius 1 is 1.03 bits per heavy atom. The standard InChI is InChI=1S/C27H45N3O5/c1-8-11-12-17-28-24(32)23(20-13-15-21(31)16-14-20)30(18-9-2)25(33)22(19(4)10-3)29-26(34)35-27(5,6)7/h13-16,19,22-23,31H,8-12,17-18H2,1-7H3,(H,28,32)(H,29,34). The number of benzene rings is 1. The number of phenols is 1. The lowest BCUT2D eigenvalue weighted by Gasteiger charge is -2.36. The van der Waals surface area contributed by atoms with Crippen LogP contribution in [0.1, 0.15) is 92.2 Å². The second-order valence-electron chi connectivity index (χ2n) is 10.0. The van der Waals surface area contributed by atoms with Gasteiger partial charge >= 0.3 is 6.09 Å². The van der Waals surface area contributed by atoms with Crippen molar-refractivity contribution < 1.29 is 24.2 Å². The average Bonchev–Trinajstić information content (AvgIpc) is 2.79. The summed E-state index contributed by atoms with van der Waals surface area (Å²) in [5.74, 6) is -0.724. The molecule has 0 spiro atoms. The molecule has 35 heavy (non-hydrogen) atoms. The van der Waals surface area contributed by atoms with Gasteiger partial charge in [-0.25, -0.2) is 4.79 Å². The fourth-order valence-electron chi connectivity index (χ4n) is 3.72. The smallest absolute Gasteiger partial charge is 0.408 e. The van der Waals surface area contributed by atoms with Gasteiger partial charge in [-0.2, -0.15) is 0 Å². The highest BCUT2D eigenvalue weighted by molar-refractivity contribution is 5.92. The van der Waals surface area contributed by atoms with E-state index < -0.39 is 23.8 Å². The Kier molecular flexibility index (Phi) is 12.6. The quantitative estimate of drug-likeness (QED) is 0.340. The number of alkyl carbamates (subject to hydrolysis) is 1. The summed E-state index contributed by atoms with van der Waals surface area (Å²) in [6.07, 6.45) is 3.49. The van der Waals surface area contributed by atoms with Crippen LogP contribution >= 0.6 is 0 Å². The van der Waals surface area contributed by atoms with Gasteiger partial charge in [-0.3, -0.25) is 9.59 Å². The maximum atomic E-state index is 13.9. The number of carbonyl (C=O) groups excluding carboxylic acids is 3. The van der Waals surface area contributed by atoms with Crippen LogP contribution in [0.5, 0.6) is 5.75 Å². The molecule has 0 heterocycles. The largest absolute Gasteiger partial charge is 0.508 e. The summed E-state index contributed by atoms with van der Waals surface area (Å²) in [5, 5.41) is 15.5. The Morgan fingerprint density at radius 2 is 1.66 bits per heavy atom. The first kappa shape index (κ1) is 30.3. The van der Waals surface area contributed by atoms with Gasteiger partial charge in [0, 0.05) is 13.1 Å². The van der Waals surface area contributed by atoms with Crippen molar-refractivity contribution in [2.24, 2.45) is 5.92 Å². The predicted octanol–water partition coefficient (Wildman–Crippen LogP) is 4.92. The number of rotatable bonds is 13. The molecule has 3 N–H and O–H groups in total. The van der Waals surface area contributed by atoms with E-state index in [9.17, 15) is 19.5 Å². The number of ether oxygens (including phenoxy) is 1. The first-order valence-electron chi connectivity index (χ1n) is 12.8. The van der Waals surface area contributed by atoms with E-state index in [0.29, 0.717) is 31.5 Å². The molecule has 0 saturated carbocycles. The lowest BCUT2D eigenvalue weighted by atomic mass is 9.95. The molecule has 0 radical (unpaired) electrons. The second kappa shape index (κ2) is 14.6. The molecule has 1 rings (SSSR count). The molecule has 8 nitrogen and oxygen atoms in total. The van der Waals surface area contributed by atoms with Crippen molar-refractivity contribution in [2.75, 3.05) is 13.1 Å². The molecule has 8 heteroatoms. The molecule has 3 unspecified atom stereocenters. The fourth-order valence-corrected chi connectivity index (χ4v) is 3.72. The molecule has 0 aliphatic heterocycles. The first-order chi connectivity index (χ1) is 16.4. The van der Waals surface area contributed by atoms with Crippen LogP contribution in [0.3, 0.4) is 0 Å². The number of amides is 3. The maximum Gasteiger partial charge on any atom is 0.408 e.